The van der Waals surface area contributed by atoms with Crippen molar-refractivity contribution in [1.29, 1.82) is 0 Å². The van der Waals surface area contributed by atoms with Crippen LogP contribution < -0.4 is 10.6 Å². The monoisotopic (exact) mass is 290 g/mol. The van der Waals surface area contributed by atoms with Gasteiger partial charge in [-0.1, -0.05) is 41.8 Å². The van der Waals surface area contributed by atoms with Crippen LogP contribution in [0.25, 0.3) is 0 Å². The molecule has 3 N–H and O–H groups in total. The summed E-state index contributed by atoms with van der Waals surface area (Å²) < 4.78 is 0. The van der Waals surface area contributed by atoms with Gasteiger partial charge in [-0.25, -0.2) is 0 Å². The van der Waals surface area contributed by atoms with Crippen molar-refractivity contribution < 1.29 is 14.7 Å². The maximum Gasteiger partial charge on any atom is 0.279 e. The van der Waals surface area contributed by atoms with Gasteiger partial charge in [0.2, 0.25) is 5.91 Å². The third kappa shape index (κ3) is 3.76. The number of benzene rings is 1. The van der Waals surface area contributed by atoms with Crippen LogP contribution in [0.1, 0.15) is 11.1 Å². The number of aliphatic hydroxyl groups is 1. The Morgan fingerprint density at radius 2 is 2.30 bits per heavy atom. The third-order valence-corrected chi connectivity index (χ3v) is 3.64. The predicted molar refractivity (Wildman–Crippen MR) is 77.0 cm³/mol. The number of amides is 2. The molecule has 104 valence electrons. The van der Waals surface area contributed by atoms with Crippen LogP contribution in [0.3, 0.4) is 0 Å². The quantitative estimate of drug-likeness (QED) is 0.707. The van der Waals surface area contributed by atoms with Crippen LogP contribution in [0.2, 0.25) is 0 Å². The molecule has 0 radical (unpaired) electrons. The third-order valence-electron chi connectivity index (χ3n) is 2.76. The van der Waals surface area contributed by atoms with Crippen molar-refractivity contribution in [1.82, 2.24) is 10.6 Å². The Balaban J connectivity index is 1.97. The lowest BCUT2D eigenvalue weighted by Crippen LogP contribution is -2.42. The number of carbonyl (C=O) groups is 2. The normalized spacial score (nSPS) is 17.1. The van der Waals surface area contributed by atoms with E-state index in [1.165, 1.54) is 0 Å². The number of hydrogen-bond acceptors (Lipinski definition) is 4. The minimum atomic E-state index is -0.469. The van der Waals surface area contributed by atoms with Crippen LogP contribution in [0.5, 0.6) is 0 Å². The largest absolute Gasteiger partial charge is 0.384 e. The molecular formula is C14H14N2O3S. The van der Waals surface area contributed by atoms with Gasteiger partial charge in [0, 0.05) is 17.9 Å². The average molecular weight is 290 g/mol. The Kier molecular flexibility index (Phi) is 5.04. The second kappa shape index (κ2) is 6.98. The average Bonchev–Trinajstić information content (AvgIpc) is 2.90. The lowest BCUT2D eigenvalue weighted by atomic mass is 10.1. The van der Waals surface area contributed by atoms with Gasteiger partial charge in [-0.05, 0) is 11.6 Å². The maximum atomic E-state index is 11.9. The Bertz CT molecular complexity index is 577. The first-order valence-corrected chi connectivity index (χ1v) is 7.08. The fraction of sp³-hybridized carbons (Fsp3) is 0.286. The van der Waals surface area contributed by atoms with Crippen molar-refractivity contribution in [2.75, 3.05) is 12.4 Å². The van der Waals surface area contributed by atoms with Gasteiger partial charge in [-0.15, -0.1) is 0 Å². The van der Waals surface area contributed by atoms with Crippen molar-refractivity contribution in [3.8, 4) is 11.8 Å². The smallest absolute Gasteiger partial charge is 0.279 e. The van der Waals surface area contributed by atoms with Crippen molar-refractivity contribution in [2.45, 2.75) is 12.6 Å². The van der Waals surface area contributed by atoms with Gasteiger partial charge < -0.3 is 15.7 Å². The molecular weight excluding hydrogens is 276 g/mol. The lowest BCUT2D eigenvalue weighted by Gasteiger charge is -2.11. The summed E-state index contributed by atoms with van der Waals surface area (Å²) in [7, 11) is 0. The first-order chi connectivity index (χ1) is 9.70. The Hall–Kier alpha value is -1.97. The van der Waals surface area contributed by atoms with E-state index in [2.05, 4.69) is 22.5 Å². The van der Waals surface area contributed by atoms with Crippen LogP contribution in [0.15, 0.2) is 24.3 Å². The molecule has 1 aliphatic rings. The summed E-state index contributed by atoms with van der Waals surface area (Å²) in [4.78, 5) is 22.9. The molecule has 0 saturated carbocycles. The molecule has 1 fully saturated rings. The van der Waals surface area contributed by atoms with Crippen molar-refractivity contribution in [2.24, 2.45) is 0 Å². The summed E-state index contributed by atoms with van der Waals surface area (Å²) in [5.74, 6) is 5.68. The van der Waals surface area contributed by atoms with Gasteiger partial charge >= 0.3 is 0 Å². The molecule has 0 bridgehead atoms. The second-order valence-electron chi connectivity index (χ2n) is 4.13. The molecule has 1 unspecified atom stereocenters. The SMILES string of the molecule is O=C1NC(C(=O)NCc2ccccc2C#CCO)CS1. The minimum Gasteiger partial charge on any atom is -0.384 e. The van der Waals surface area contributed by atoms with Crippen LogP contribution in [-0.2, 0) is 11.3 Å². The summed E-state index contributed by atoms with van der Waals surface area (Å²) in [6, 6.07) is 6.93. The summed E-state index contributed by atoms with van der Waals surface area (Å²) in [6.45, 7) is 0.137. The van der Waals surface area contributed by atoms with Gasteiger partial charge in [-0.3, -0.25) is 9.59 Å². The highest BCUT2D eigenvalue weighted by Crippen LogP contribution is 2.13. The minimum absolute atomic E-state index is 0.167. The van der Waals surface area contributed by atoms with E-state index in [-0.39, 0.29) is 17.8 Å². The van der Waals surface area contributed by atoms with E-state index in [1.54, 1.807) is 0 Å². The van der Waals surface area contributed by atoms with Gasteiger partial charge in [0.25, 0.3) is 5.24 Å². The van der Waals surface area contributed by atoms with E-state index in [9.17, 15) is 9.59 Å². The van der Waals surface area contributed by atoms with E-state index in [0.717, 1.165) is 22.9 Å². The number of rotatable bonds is 3. The predicted octanol–water partition coefficient (Wildman–Crippen LogP) is 0.472. The molecule has 1 atom stereocenters. The van der Waals surface area contributed by atoms with Gasteiger partial charge in [0.05, 0.1) is 0 Å². The van der Waals surface area contributed by atoms with Crippen molar-refractivity contribution in [3.63, 3.8) is 0 Å². The second-order valence-corrected chi connectivity index (χ2v) is 5.12. The summed E-state index contributed by atoms with van der Waals surface area (Å²) in [5.41, 5.74) is 1.64. The standard InChI is InChI=1S/C14H14N2O3S/c17-7-3-6-10-4-1-2-5-11(10)8-15-13(18)12-9-20-14(19)16-12/h1-2,4-5,12,17H,7-9H2,(H,15,18)(H,16,19). The Labute approximate surface area is 121 Å². The number of thioether (sulfide) groups is 1. The fourth-order valence-corrected chi connectivity index (χ4v) is 2.54. The summed E-state index contributed by atoms with van der Waals surface area (Å²) in [5, 5.41) is 13.9. The van der Waals surface area contributed by atoms with Crippen LogP contribution in [0.4, 0.5) is 4.79 Å². The molecule has 0 aliphatic carbocycles. The first-order valence-electron chi connectivity index (χ1n) is 6.09. The van der Waals surface area contributed by atoms with E-state index in [4.69, 9.17) is 5.11 Å². The van der Waals surface area contributed by atoms with Crippen LogP contribution in [-0.4, -0.2) is 34.7 Å². The molecule has 1 aromatic carbocycles. The molecule has 5 nitrogen and oxygen atoms in total. The van der Waals surface area contributed by atoms with Crippen molar-refractivity contribution in [3.05, 3.63) is 35.4 Å². The number of hydrogen-bond donors (Lipinski definition) is 3. The number of nitrogens with one attached hydrogen (secondary N) is 2. The highest BCUT2D eigenvalue weighted by Gasteiger charge is 2.27. The van der Waals surface area contributed by atoms with Crippen LogP contribution >= 0.6 is 11.8 Å². The van der Waals surface area contributed by atoms with Crippen LogP contribution in [0, 0.1) is 11.8 Å². The van der Waals surface area contributed by atoms with E-state index in [0.29, 0.717) is 12.3 Å². The Morgan fingerprint density at radius 3 is 3.00 bits per heavy atom. The zero-order chi connectivity index (χ0) is 14.4. The molecule has 0 spiro atoms. The highest BCUT2D eigenvalue weighted by atomic mass is 32.2. The van der Waals surface area contributed by atoms with E-state index >= 15 is 0 Å². The topological polar surface area (TPSA) is 78.4 Å². The molecule has 1 heterocycles. The number of carbonyl (C=O) groups excluding carboxylic acids is 2. The van der Waals surface area contributed by atoms with Gasteiger partial charge in [0.15, 0.2) is 0 Å². The summed E-state index contributed by atoms with van der Waals surface area (Å²) in [6.07, 6.45) is 0. The highest BCUT2D eigenvalue weighted by molar-refractivity contribution is 8.14. The van der Waals surface area contributed by atoms with Gasteiger partial charge in [0.1, 0.15) is 12.6 Å². The summed E-state index contributed by atoms with van der Waals surface area (Å²) >= 11 is 1.11. The zero-order valence-corrected chi connectivity index (χ0v) is 11.5. The van der Waals surface area contributed by atoms with Crippen molar-refractivity contribution >= 4 is 22.9 Å². The zero-order valence-electron chi connectivity index (χ0n) is 10.7. The molecule has 1 aromatic rings. The molecule has 0 aromatic heterocycles. The van der Waals surface area contributed by atoms with E-state index in [1.807, 2.05) is 24.3 Å². The molecule has 1 saturated heterocycles. The maximum absolute atomic E-state index is 11.9. The van der Waals surface area contributed by atoms with E-state index < -0.39 is 6.04 Å². The van der Waals surface area contributed by atoms with Gasteiger partial charge in [-0.2, -0.15) is 0 Å². The molecule has 6 heteroatoms. The molecule has 20 heavy (non-hydrogen) atoms. The lowest BCUT2D eigenvalue weighted by molar-refractivity contribution is -0.122. The Morgan fingerprint density at radius 1 is 1.50 bits per heavy atom. The fourth-order valence-electron chi connectivity index (χ4n) is 1.76. The molecule has 2 amide bonds. The molecule has 1 aliphatic heterocycles. The molecule has 2 rings (SSSR count). The first kappa shape index (κ1) is 14.4. The number of aliphatic hydroxyl groups excluding tert-OH is 1.